The van der Waals surface area contributed by atoms with Gasteiger partial charge in [-0.1, -0.05) is 6.92 Å². The molecule has 0 amide bonds. The molecule has 0 aliphatic heterocycles. The largest absolute Gasteiger partial charge is 0.355 e. The van der Waals surface area contributed by atoms with Crippen LogP contribution in [0.25, 0.3) is 0 Å². The number of hydrazine groups is 1. The van der Waals surface area contributed by atoms with Crippen molar-refractivity contribution in [2.24, 2.45) is 10.8 Å². The molecular weight excluding hydrogens is 210 g/mol. The van der Waals surface area contributed by atoms with Crippen molar-refractivity contribution in [3.63, 3.8) is 0 Å². The maximum atomic E-state index is 5.32. The van der Waals surface area contributed by atoms with Crippen molar-refractivity contribution in [2.45, 2.75) is 26.8 Å². The highest BCUT2D eigenvalue weighted by Gasteiger charge is 1.98. The van der Waals surface area contributed by atoms with Crippen LogP contribution in [0.15, 0.2) is 10.4 Å². The summed E-state index contributed by atoms with van der Waals surface area (Å²) in [6, 6.07) is 0. The first-order valence-electron chi connectivity index (χ1n) is 4.92. The summed E-state index contributed by atoms with van der Waals surface area (Å²) >= 11 is 1.63. The first-order valence-corrected chi connectivity index (χ1v) is 5.80. The SMILES string of the molecule is CCCNC(=NCc1csc(C)n1)NN. The molecule has 84 valence electrons. The number of nitrogens with two attached hydrogens (primary N) is 1. The van der Waals surface area contributed by atoms with Crippen LogP contribution < -0.4 is 16.6 Å². The Morgan fingerprint density at radius 1 is 1.67 bits per heavy atom. The van der Waals surface area contributed by atoms with Gasteiger partial charge in [-0.15, -0.1) is 11.3 Å². The Morgan fingerprint density at radius 2 is 2.47 bits per heavy atom. The molecule has 1 heterocycles. The molecule has 0 aromatic carbocycles. The molecule has 0 atom stereocenters. The predicted octanol–water partition coefficient (Wildman–Crippen LogP) is 0.770. The summed E-state index contributed by atoms with van der Waals surface area (Å²) in [5, 5.41) is 6.15. The number of nitrogens with zero attached hydrogens (tertiary/aromatic N) is 2. The lowest BCUT2D eigenvalue weighted by atomic mass is 10.5. The van der Waals surface area contributed by atoms with Gasteiger partial charge in [0.05, 0.1) is 17.2 Å². The van der Waals surface area contributed by atoms with Crippen LogP contribution in [0.2, 0.25) is 0 Å². The quantitative estimate of drug-likeness (QED) is 0.307. The summed E-state index contributed by atoms with van der Waals surface area (Å²) in [5.74, 6) is 5.94. The van der Waals surface area contributed by atoms with E-state index >= 15 is 0 Å². The van der Waals surface area contributed by atoms with Gasteiger partial charge in [-0.25, -0.2) is 15.8 Å². The molecule has 0 saturated carbocycles. The molecule has 5 nitrogen and oxygen atoms in total. The lowest BCUT2D eigenvalue weighted by molar-refractivity contribution is 0.788. The highest BCUT2D eigenvalue weighted by molar-refractivity contribution is 7.09. The third-order valence-corrected chi connectivity index (χ3v) is 2.57. The van der Waals surface area contributed by atoms with Crippen LogP contribution in [0.4, 0.5) is 0 Å². The predicted molar refractivity (Wildman–Crippen MR) is 63.6 cm³/mol. The topological polar surface area (TPSA) is 75.3 Å². The van der Waals surface area contributed by atoms with E-state index in [0.29, 0.717) is 12.5 Å². The Hall–Kier alpha value is -1.14. The van der Waals surface area contributed by atoms with Crippen molar-refractivity contribution in [3.8, 4) is 0 Å². The number of nitrogens with one attached hydrogen (secondary N) is 2. The second kappa shape index (κ2) is 6.36. The average molecular weight is 227 g/mol. The third kappa shape index (κ3) is 4.26. The molecule has 1 rings (SSSR count). The van der Waals surface area contributed by atoms with Gasteiger partial charge in [-0.05, 0) is 13.3 Å². The van der Waals surface area contributed by atoms with Crippen molar-refractivity contribution < 1.29 is 0 Å². The van der Waals surface area contributed by atoms with Crippen molar-refractivity contribution in [3.05, 3.63) is 16.1 Å². The Bertz CT molecular complexity index is 320. The second-order valence-electron chi connectivity index (χ2n) is 3.09. The fourth-order valence-electron chi connectivity index (χ4n) is 1.04. The van der Waals surface area contributed by atoms with E-state index in [2.05, 4.69) is 27.6 Å². The van der Waals surface area contributed by atoms with Crippen LogP contribution in [0.1, 0.15) is 24.0 Å². The van der Waals surface area contributed by atoms with Crippen LogP contribution in [-0.4, -0.2) is 17.5 Å². The van der Waals surface area contributed by atoms with E-state index in [9.17, 15) is 0 Å². The molecule has 0 fully saturated rings. The molecule has 0 bridgehead atoms. The Morgan fingerprint density at radius 3 is 3.00 bits per heavy atom. The molecule has 0 aliphatic carbocycles. The Balaban J connectivity index is 2.46. The van der Waals surface area contributed by atoms with Crippen LogP contribution in [0.5, 0.6) is 0 Å². The van der Waals surface area contributed by atoms with Gasteiger partial charge < -0.3 is 5.32 Å². The minimum Gasteiger partial charge on any atom is -0.355 e. The molecule has 0 aliphatic rings. The van der Waals surface area contributed by atoms with Crippen molar-refractivity contribution in [1.29, 1.82) is 0 Å². The van der Waals surface area contributed by atoms with Gasteiger partial charge in [-0.3, -0.25) is 5.43 Å². The van der Waals surface area contributed by atoms with Gasteiger partial charge in [0, 0.05) is 11.9 Å². The first kappa shape index (κ1) is 11.9. The molecule has 1 aromatic rings. The van der Waals surface area contributed by atoms with E-state index in [0.717, 1.165) is 23.7 Å². The molecule has 1 aromatic heterocycles. The summed E-state index contributed by atoms with van der Waals surface area (Å²) in [4.78, 5) is 8.59. The fourth-order valence-corrected chi connectivity index (χ4v) is 1.64. The maximum Gasteiger partial charge on any atom is 0.206 e. The summed E-state index contributed by atoms with van der Waals surface area (Å²) in [5.41, 5.74) is 3.50. The zero-order chi connectivity index (χ0) is 11.1. The van der Waals surface area contributed by atoms with Crippen LogP contribution in [0.3, 0.4) is 0 Å². The molecule has 4 N–H and O–H groups in total. The highest BCUT2D eigenvalue weighted by Crippen LogP contribution is 2.08. The lowest BCUT2D eigenvalue weighted by Gasteiger charge is -2.06. The number of aliphatic imine (C=N–C) groups is 1. The average Bonchev–Trinajstić information content (AvgIpc) is 2.65. The number of guanidine groups is 1. The number of aromatic nitrogens is 1. The molecular formula is C9H17N5S. The van der Waals surface area contributed by atoms with E-state index in [4.69, 9.17) is 5.84 Å². The van der Waals surface area contributed by atoms with E-state index in [1.54, 1.807) is 11.3 Å². The van der Waals surface area contributed by atoms with Gasteiger partial charge in [0.2, 0.25) is 5.96 Å². The summed E-state index contributed by atoms with van der Waals surface area (Å²) in [6.07, 6.45) is 1.04. The number of hydrogen-bond donors (Lipinski definition) is 3. The van der Waals surface area contributed by atoms with Crippen molar-refractivity contribution >= 4 is 17.3 Å². The van der Waals surface area contributed by atoms with Gasteiger partial charge in [0.25, 0.3) is 0 Å². The Kier molecular flexibility index (Phi) is 5.06. The second-order valence-corrected chi connectivity index (χ2v) is 4.16. The van der Waals surface area contributed by atoms with Crippen molar-refractivity contribution in [2.75, 3.05) is 6.54 Å². The molecule has 0 radical (unpaired) electrons. The van der Waals surface area contributed by atoms with Crippen LogP contribution in [-0.2, 0) is 6.54 Å². The van der Waals surface area contributed by atoms with E-state index in [-0.39, 0.29) is 0 Å². The summed E-state index contributed by atoms with van der Waals surface area (Å²) in [7, 11) is 0. The molecule has 0 spiro atoms. The molecule has 6 heteroatoms. The van der Waals surface area contributed by atoms with Gasteiger partial charge in [0.1, 0.15) is 0 Å². The standard InChI is InChI=1S/C9H17N5S/c1-3-4-11-9(14-10)12-5-8-6-15-7(2)13-8/h6H,3-5,10H2,1-2H3,(H2,11,12,14). The van der Waals surface area contributed by atoms with E-state index in [1.807, 2.05) is 12.3 Å². The molecule has 15 heavy (non-hydrogen) atoms. The van der Waals surface area contributed by atoms with E-state index in [1.165, 1.54) is 0 Å². The number of aryl methyl sites for hydroxylation is 1. The van der Waals surface area contributed by atoms with Gasteiger partial charge in [0.15, 0.2) is 0 Å². The van der Waals surface area contributed by atoms with Crippen LogP contribution >= 0.6 is 11.3 Å². The zero-order valence-corrected chi connectivity index (χ0v) is 9.90. The molecule has 0 saturated heterocycles. The van der Waals surface area contributed by atoms with Crippen molar-refractivity contribution in [1.82, 2.24) is 15.7 Å². The number of rotatable bonds is 4. The Labute approximate surface area is 93.8 Å². The minimum atomic E-state index is 0.556. The zero-order valence-electron chi connectivity index (χ0n) is 9.08. The third-order valence-electron chi connectivity index (χ3n) is 1.74. The fraction of sp³-hybridized carbons (Fsp3) is 0.556. The van der Waals surface area contributed by atoms with Crippen LogP contribution in [0, 0.1) is 6.92 Å². The monoisotopic (exact) mass is 227 g/mol. The lowest BCUT2D eigenvalue weighted by Crippen LogP contribution is -2.41. The summed E-state index contributed by atoms with van der Waals surface area (Å²) < 4.78 is 0. The highest BCUT2D eigenvalue weighted by atomic mass is 32.1. The summed E-state index contributed by atoms with van der Waals surface area (Å²) in [6.45, 7) is 5.49. The van der Waals surface area contributed by atoms with E-state index < -0.39 is 0 Å². The van der Waals surface area contributed by atoms with Gasteiger partial charge in [-0.2, -0.15) is 0 Å². The number of thiazole rings is 1. The minimum absolute atomic E-state index is 0.556. The number of hydrogen-bond acceptors (Lipinski definition) is 4. The van der Waals surface area contributed by atoms with Gasteiger partial charge >= 0.3 is 0 Å². The first-order chi connectivity index (χ1) is 7.26. The smallest absolute Gasteiger partial charge is 0.206 e. The maximum absolute atomic E-state index is 5.32. The molecule has 0 unspecified atom stereocenters. The normalized spacial score (nSPS) is 11.5.